The highest BCUT2D eigenvalue weighted by atomic mass is 16.5. The van der Waals surface area contributed by atoms with E-state index >= 15 is 0 Å². The van der Waals surface area contributed by atoms with Crippen molar-refractivity contribution in [2.75, 3.05) is 19.6 Å². The molecule has 0 spiro atoms. The lowest BCUT2D eigenvalue weighted by Crippen LogP contribution is -2.59. The third-order valence-corrected chi connectivity index (χ3v) is 6.21. The molecule has 1 fully saturated rings. The summed E-state index contributed by atoms with van der Waals surface area (Å²) < 4.78 is 6.51. The van der Waals surface area contributed by atoms with Gasteiger partial charge in [0.05, 0.1) is 0 Å². The molecule has 1 saturated heterocycles. The van der Waals surface area contributed by atoms with E-state index in [0.29, 0.717) is 11.7 Å². The van der Waals surface area contributed by atoms with Gasteiger partial charge < -0.3 is 9.84 Å². The van der Waals surface area contributed by atoms with E-state index in [2.05, 4.69) is 32.6 Å². The van der Waals surface area contributed by atoms with Crippen LogP contribution in [-0.2, 0) is 0 Å². The third-order valence-electron chi connectivity index (χ3n) is 6.21. The van der Waals surface area contributed by atoms with Crippen LogP contribution < -0.4 is 4.74 Å². The summed E-state index contributed by atoms with van der Waals surface area (Å²) in [5.41, 5.74) is 0.917. The molecule has 1 N–H and O–H groups in total. The number of nitrogens with zero attached hydrogens (tertiary/aromatic N) is 1. The van der Waals surface area contributed by atoms with E-state index in [1.54, 1.807) is 6.07 Å². The molecule has 0 saturated carbocycles. The monoisotopic (exact) mass is 303 g/mol. The minimum absolute atomic E-state index is 0.00520. The minimum atomic E-state index is -0.215. The van der Waals surface area contributed by atoms with E-state index in [1.165, 1.54) is 32.4 Å². The summed E-state index contributed by atoms with van der Waals surface area (Å²) >= 11 is 0. The van der Waals surface area contributed by atoms with Gasteiger partial charge in [0.25, 0.3) is 0 Å². The van der Waals surface area contributed by atoms with Crippen molar-refractivity contribution in [2.45, 2.75) is 58.5 Å². The summed E-state index contributed by atoms with van der Waals surface area (Å²) in [5.74, 6) is 1.60. The predicted octanol–water partition coefficient (Wildman–Crippen LogP) is 4.16. The summed E-state index contributed by atoms with van der Waals surface area (Å²) in [6.45, 7) is 12.5. The Labute approximate surface area is 134 Å². The lowest BCUT2D eigenvalue weighted by atomic mass is 9.63. The average Bonchev–Trinajstić information content (AvgIpc) is 2.48. The molecular formula is C19H29NO2. The van der Waals surface area contributed by atoms with Crippen molar-refractivity contribution in [2.24, 2.45) is 5.41 Å². The molecule has 0 amide bonds. The molecule has 1 aromatic carbocycles. The van der Waals surface area contributed by atoms with Gasteiger partial charge in [0, 0.05) is 17.5 Å². The maximum Gasteiger partial charge on any atom is 0.124 e. The van der Waals surface area contributed by atoms with Crippen LogP contribution >= 0.6 is 0 Å². The van der Waals surface area contributed by atoms with Crippen LogP contribution in [-0.4, -0.2) is 35.2 Å². The van der Waals surface area contributed by atoms with Crippen molar-refractivity contribution >= 4 is 0 Å². The van der Waals surface area contributed by atoms with E-state index in [1.807, 2.05) is 12.1 Å². The van der Waals surface area contributed by atoms with Gasteiger partial charge in [-0.05, 0) is 57.0 Å². The van der Waals surface area contributed by atoms with Gasteiger partial charge in [0.2, 0.25) is 0 Å². The van der Waals surface area contributed by atoms with Gasteiger partial charge in [-0.3, -0.25) is 4.90 Å². The largest absolute Gasteiger partial charge is 0.508 e. The van der Waals surface area contributed by atoms with Crippen molar-refractivity contribution in [3.05, 3.63) is 23.8 Å². The van der Waals surface area contributed by atoms with Crippen LogP contribution in [0.5, 0.6) is 11.5 Å². The molecule has 22 heavy (non-hydrogen) atoms. The molecular weight excluding hydrogens is 274 g/mol. The van der Waals surface area contributed by atoms with Crippen LogP contribution in [0.3, 0.4) is 0 Å². The topological polar surface area (TPSA) is 32.7 Å². The van der Waals surface area contributed by atoms with Gasteiger partial charge in [0.1, 0.15) is 17.1 Å². The lowest BCUT2D eigenvalue weighted by Gasteiger charge is -2.53. The number of ether oxygens (including phenoxy) is 1. The Hall–Kier alpha value is -1.22. The van der Waals surface area contributed by atoms with E-state index in [4.69, 9.17) is 4.74 Å². The number of fused-ring (bicyclic) bond motifs is 1. The minimum Gasteiger partial charge on any atom is -0.508 e. The second-order valence-corrected chi connectivity index (χ2v) is 7.84. The zero-order chi connectivity index (χ0) is 16.0. The number of likely N-dealkylation sites (tertiary alicyclic amines) is 1. The number of rotatable bonds is 2. The molecule has 2 heterocycles. The fourth-order valence-corrected chi connectivity index (χ4v) is 3.97. The summed E-state index contributed by atoms with van der Waals surface area (Å²) in [6, 6.07) is 5.51. The Morgan fingerprint density at radius 3 is 2.55 bits per heavy atom. The Bertz CT molecular complexity index is 548. The highest BCUT2D eigenvalue weighted by Crippen LogP contribution is 2.53. The Kier molecular flexibility index (Phi) is 3.88. The summed E-state index contributed by atoms with van der Waals surface area (Å²) in [4.78, 5) is 2.56. The zero-order valence-corrected chi connectivity index (χ0v) is 14.4. The standard InChI is InChI=1S/C19H29NO2/c1-14-16-12-15(21)8-9-17(16)22-19(4,18(14,2)3)13-20-10-6-5-7-11-20/h8-9,12,14,21H,5-7,10-11,13H2,1-4H3. The maximum atomic E-state index is 9.80. The summed E-state index contributed by atoms with van der Waals surface area (Å²) in [6.07, 6.45) is 3.96. The van der Waals surface area contributed by atoms with Crippen LogP contribution in [0.4, 0.5) is 0 Å². The highest BCUT2D eigenvalue weighted by molar-refractivity contribution is 5.45. The van der Waals surface area contributed by atoms with E-state index in [9.17, 15) is 5.11 Å². The van der Waals surface area contributed by atoms with Gasteiger partial charge in [-0.2, -0.15) is 0 Å². The molecule has 3 heteroatoms. The molecule has 0 radical (unpaired) electrons. The molecule has 3 rings (SSSR count). The first-order valence-corrected chi connectivity index (χ1v) is 8.58. The second-order valence-electron chi connectivity index (χ2n) is 7.84. The van der Waals surface area contributed by atoms with Crippen LogP contribution in [0.1, 0.15) is 58.4 Å². The molecule has 3 nitrogen and oxygen atoms in total. The van der Waals surface area contributed by atoms with Crippen molar-refractivity contribution < 1.29 is 9.84 Å². The molecule has 0 aliphatic carbocycles. The van der Waals surface area contributed by atoms with E-state index < -0.39 is 0 Å². The molecule has 2 aliphatic rings. The average molecular weight is 303 g/mol. The number of phenolic OH excluding ortho intramolecular Hbond substituents is 1. The number of hydrogen-bond donors (Lipinski definition) is 1. The van der Waals surface area contributed by atoms with E-state index in [-0.39, 0.29) is 11.0 Å². The van der Waals surface area contributed by atoms with Gasteiger partial charge in [-0.25, -0.2) is 0 Å². The number of aromatic hydroxyl groups is 1. The molecule has 0 bridgehead atoms. The molecule has 122 valence electrons. The first-order chi connectivity index (χ1) is 10.3. The first kappa shape index (κ1) is 15.7. The smallest absolute Gasteiger partial charge is 0.124 e. The molecule has 2 aliphatic heterocycles. The van der Waals surface area contributed by atoms with Crippen LogP contribution in [0.2, 0.25) is 0 Å². The predicted molar refractivity (Wildman–Crippen MR) is 89.6 cm³/mol. The van der Waals surface area contributed by atoms with Crippen molar-refractivity contribution in [1.82, 2.24) is 4.90 Å². The van der Waals surface area contributed by atoms with E-state index in [0.717, 1.165) is 17.9 Å². The third kappa shape index (κ3) is 2.50. The quantitative estimate of drug-likeness (QED) is 0.890. The first-order valence-electron chi connectivity index (χ1n) is 8.58. The fraction of sp³-hybridized carbons (Fsp3) is 0.684. The molecule has 2 unspecified atom stereocenters. The molecule has 1 aromatic rings. The van der Waals surface area contributed by atoms with Gasteiger partial charge in [-0.15, -0.1) is 0 Å². The van der Waals surface area contributed by atoms with Gasteiger partial charge >= 0.3 is 0 Å². The van der Waals surface area contributed by atoms with Gasteiger partial charge in [-0.1, -0.05) is 27.2 Å². The Morgan fingerprint density at radius 2 is 1.86 bits per heavy atom. The van der Waals surface area contributed by atoms with Crippen molar-refractivity contribution in [3.8, 4) is 11.5 Å². The maximum absolute atomic E-state index is 9.80. The zero-order valence-electron chi connectivity index (χ0n) is 14.4. The number of piperidine rings is 1. The number of phenols is 1. The number of hydrogen-bond acceptors (Lipinski definition) is 3. The van der Waals surface area contributed by atoms with Crippen molar-refractivity contribution in [1.29, 1.82) is 0 Å². The van der Waals surface area contributed by atoms with Crippen LogP contribution in [0.25, 0.3) is 0 Å². The van der Waals surface area contributed by atoms with Crippen LogP contribution in [0, 0.1) is 5.41 Å². The van der Waals surface area contributed by atoms with Gasteiger partial charge in [0.15, 0.2) is 0 Å². The van der Waals surface area contributed by atoms with Crippen LogP contribution in [0.15, 0.2) is 18.2 Å². The Balaban J connectivity index is 1.92. The normalized spacial score (nSPS) is 31.4. The fourth-order valence-electron chi connectivity index (χ4n) is 3.97. The highest BCUT2D eigenvalue weighted by Gasteiger charge is 2.52. The summed E-state index contributed by atoms with van der Waals surface area (Å²) in [7, 11) is 0. The second kappa shape index (κ2) is 5.45. The summed E-state index contributed by atoms with van der Waals surface area (Å²) in [5, 5.41) is 9.80. The number of benzene rings is 1. The SMILES string of the molecule is CC1c2cc(O)ccc2OC(C)(CN2CCCCC2)C1(C)C. The lowest BCUT2D eigenvalue weighted by molar-refractivity contribution is -0.0806. The van der Waals surface area contributed by atoms with Crippen molar-refractivity contribution in [3.63, 3.8) is 0 Å². The molecule has 0 aromatic heterocycles. The Morgan fingerprint density at radius 1 is 1.18 bits per heavy atom. The molecule has 2 atom stereocenters.